The quantitative estimate of drug-likeness (QED) is 0.239. The Morgan fingerprint density at radius 3 is 2.58 bits per heavy atom. The van der Waals surface area contributed by atoms with Crippen LogP contribution < -0.4 is 20.3 Å². The number of hydrogen-bond donors (Lipinski definition) is 2. The van der Waals surface area contributed by atoms with Gasteiger partial charge in [0.2, 0.25) is 5.95 Å². The van der Waals surface area contributed by atoms with Gasteiger partial charge in [0, 0.05) is 60.9 Å². The Bertz CT molecular complexity index is 1580. The zero-order valence-corrected chi connectivity index (χ0v) is 25.1. The highest BCUT2D eigenvalue weighted by atomic mass is 16.5. The largest absolute Gasteiger partial charge is 0.494 e. The van der Waals surface area contributed by atoms with Crippen LogP contribution in [0.4, 0.5) is 23.0 Å². The normalized spacial score (nSPS) is 13.2. The molecule has 1 aliphatic heterocycles. The van der Waals surface area contributed by atoms with Gasteiger partial charge in [0.05, 0.1) is 43.1 Å². The summed E-state index contributed by atoms with van der Waals surface area (Å²) in [6, 6.07) is 15.7. The van der Waals surface area contributed by atoms with Crippen LogP contribution in [-0.2, 0) is 16.1 Å². The van der Waals surface area contributed by atoms with E-state index in [9.17, 15) is 4.79 Å². The molecule has 11 heteroatoms. The van der Waals surface area contributed by atoms with Crippen LogP contribution in [0.3, 0.4) is 0 Å². The molecule has 0 spiro atoms. The average Bonchev–Trinajstić information content (AvgIpc) is 3.45. The van der Waals surface area contributed by atoms with Crippen LogP contribution in [0.1, 0.15) is 18.9 Å². The number of methoxy groups -OCH3 is 1. The molecule has 4 aromatic rings. The minimum Gasteiger partial charge on any atom is -0.494 e. The Morgan fingerprint density at radius 1 is 1.12 bits per heavy atom. The van der Waals surface area contributed by atoms with Crippen molar-refractivity contribution in [2.24, 2.45) is 0 Å². The average molecular weight is 583 g/mol. The molecule has 2 aromatic carbocycles. The first-order valence-corrected chi connectivity index (χ1v) is 14.3. The number of benzene rings is 2. The lowest BCUT2D eigenvalue weighted by Crippen LogP contribution is -2.36. The Morgan fingerprint density at radius 2 is 1.88 bits per heavy atom. The molecule has 0 unspecified atom stereocenters. The SMILES string of the molecule is C=C(CC)C(=O)Nc1cc(Nc2nccc(-n3cc(CN(C)C)c(-c4ccccc4)n3)n2)c(OC)cc1N1CCOCC1. The second-order valence-electron chi connectivity index (χ2n) is 10.5. The van der Waals surface area contributed by atoms with Crippen molar-refractivity contribution in [1.29, 1.82) is 0 Å². The minimum atomic E-state index is -0.229. The molecule has 2 aromatic heterocycles. The fourth-order valence-electron chi connectivity index (χ4n) is 4.85. The van der Waals surface area contributed by atoms with E-state index >= 15 is 0 Å². The molecule has 0 atom stereocenters. The molecule has 0 saturated carbocycles. The van der Waals surface area contributed by atoms with Gasteiger partial charge in [-0.2, -0.15) is 10.1 Å². The third kappa shape index (κ3) is 7.02. The Kier molecular flexibility index (Phi) is 9.33. The highest BCUT2D eigenvalue weighted by Gasteiger charge is 2.21. The lowest BCUT2D eigenvalue weighted by atomic mass is 10.1. The summed E-state index contributed by atoms with van der Waals surface area (Å²) in [5.74, 6) is 1.32. The fraction of sp³-hybridized carbons (Fsp3) is 0.312. The van der Waals surface area contributed by atoms with E-state index in [4.69, 9.17) is 19.6 Å². The van der Waals surface area contributed by atoms with Crippen molar-refractivity contribution in [3.05, 3.63) is 78.6 Å². The highest BCUT2D eigenvalue weighted by Crippen LogP contribution is 2.39. The van der Waals surface area contributed by atoms with E-state index in [1.54, 1.807) is 18.0 Å². The monoisotopic (exact) mass is 582 g/mol. The molecule has 1 amide bonds. The molecular weight excluding hydrogens is 544 g/mol. The molecule has 2 N–H and O–H groups in total. The number of ether oxygens (including phenoxy) is 2. The molecule has 0 bridgehead atoms. The number of carbonyl (C=O) groups excluding carboxylic acids is 1. The molecule has 1 aliphatic rings. The number of amides is 1. The van der Waals surface area contributed by atoms with E-state index in [1.807, 2.05) is 63.6 Å². The van der Waals surface area contributed by atoms with E-state index in [0.29, 0.717) is 67.2 Å². The number of nitrogens with zero attached hydrogens (tertiary/aromatic N) is 6. The Hall–Kier alpha value is -4.74. The first-order valence-electron chi connectivity index (χ1n) is 14.3. The van der Waals surface area contributed by atoms with Crippen molar-refractivity contribution in [2.75, 3.05) is 63.0 Å². The standard InChI is InChI=1S/C32H38N8O3/c1-6-22(2)31(41)34-25-18-26(28(42-5)19-27(25)39-14-16-43-17-15-39)35-32-33-13-12-29(36-32)40-21-24(20-38(3)4)30(37-40)23-10-8-7-9-11-23/h7-13,18-19,21H,2,6,14-17,20H2,1,3-5H3,(H,34,41)(H,33,35,36). The van der Waals surface area contributed by atoms with E-state index in [2.05, 4.69) is 44.1 Å². The summed E-state index contributed by atoms with van der Waals surface area (Å²) >= 11 is 0. The summed E-state index contributed by atoms with van der Waals surface area (Å²) in [5.41, 5.74) is 5.60. The number of aromatic nitrogens is 4. The molecule has 0 aliphatic carbocycles. The molecule has 1 fully saturated rings. The van der Waals surface area contributed by atoms with Gasteiger partial charge in [0.1, 0.15) is 5.75 Å². The Balaban J connectivity index is 1.49. The van der Waals surface area contributed by atoms with Crippen molar-refractivity contribution >= 4 is 28.9 Å². The van der Waals surface area contributed by atoms with Crippen LogP contribution in [0, 0.1) is 0 Å². The zero-order chi connectivity index (χ0) is 30.3. The van der Waals surface area contributed by atoms with Gasteiger partial charge in [-0.25, -0.2) is 9.67 Å². The minimum absolute atomic E-state index is 0.229. The summed E-state index contributed by atoms with van der Waals surface area (Å²) in [6.45, 7) is 9.14. The van der Waals surface area contributed by atoms with E-state index < -0.39 is 0 Å². The zero-order valence-electron chi connectivity index (χ0n) is 25.1. The number of rotatable bonds is 11. The fourth-order valence-corrected chi connectivity index (χ4v) is 4.85. The number of carbonyl (C=O) groups is 1. The maximum atomic E-state index is 12.9. The molecule has 1 saturated heterocycles. The van der Waals surface area contributed by atoms with Gasteiger partial charge in [0.15, 0.2) is 5.82 Å². The van der Waals surface area contributed by atoms with Gasteiger partial charge < -0.3 is 29.9 Å². The van der Waals surface area contributed by atoms with Gasteiger partial charge in [-0.05, 0) is 26.6 Å². The Labute approximate surface area is 252 Å². The third-order valence-corrected chi connectivity index (χ3v) is 7.11. The summed E-state index contributed by atoms with van der Waals surface area (Å²) in [4.78, 5) is 26.4. The van der Waals surface area contributed by atoms with Gasteiger partial charge in [-0.3, -0.25) is 4.79 Å². The van der Waals surface area contributed by atoms with E-state index in [1.165, 1.54) is 0 Å². The van der Waals surface area contributed by atoms with Crippen LogP contribution >= 0.6 is 0 Å². The van der Waals surface area contributed by atoms with Crippen LogP contribution in [0.2, 0.25) is 0 Å². The van der Waals surface area contributed by atoms with Crippen molar-refractivity contribution in [2.45, 2.75) is 19.9 Å². The lowest BCUT2D eigenvalue weighted by Gasteiger charge is -2.31. The summed E-state index contributed by atoms with van der Waals surface area (Å²) in [5, 5.41) is 11.2. The van der Waals surface area contributed by atoms with Gasteiger partial charge in [0.25, 0.3) is 5.91 Å². The summed E-state index contributed by atoms with van der Waals surface area (Å²) < 4.78 is 13.1. The predicted molar refractivity (Wildman–Crippen MR) is 169 cm³/mol. The first-order chi connectivity index (χ1) is 20.9. The lowest BCUT2D eigenvalue weighted by molar-refractivity contribution is -0.112. The predicted octanol–water partition coefficient (Wildman–Crippen LogP) is 4.88. The number of morpholine rings is 1. The molecule has 3 heterocycles. The van der Waals surface area contributed by atoms with Gasteiger partial charge in [-0.15, -0.1) is 0 Å². The van der Waals surface area contributed by atoms with Crippen molar-refractivity contribution in [3.8, 4) is 22.8 Å². The van der Waals surface area contributed by atoms with Crippen molar-refractivity contribution in [3.63, 3.8) is 0 Å². The molecular formula is C32H38N8O3. The second-order valence-corrected chi connectivity index (χ2v) is 10.5. The number of nitrogens with one attached hydrogen (secondary N) is 2. The highest BCUT2D eigenvalue weighted by molar-refractivity contribution is 6.05. The molecule has 0 radical (unpaired) electrons. The maximum Gasteiger partial charge on any atom is 0.251 e. The van der Waals surface area contributed by atoms with Crippen LogP contribution in [0.25, 0.3) is 17.1 Å². The summed E-state index contributed by atoms with van der Waals surface area (Å²) in [7, 11) is 5.68. The van der Waals surface area contributed by atoms with Crippen LogP contribution in [0.5, 0.6) is 5.75 Å². The number of anilines is 4. The van der Waals surface area contributed by atoms with Crippen LogP contribution in [0.15, 0.2) is 73.1 Å². The smallest absolute Gasteiger partial charge is 0.251 e. The van der Waals surface area contributed by atoms with E-state index in [0.717, 1.165) is 29.1 Å². The molecule has 11 nitrogen and oxygen atoms in total. The topological polar surface area (TPSA) is 110 Å². The molecule has 5 rings (SSSR count). The van der Waals surface area contributed by atoms with Gasteiger partial charge in [-0.1, -0.05) is 43.8 Å². The van der Waals surface area contributed by atoms with Crippen molar-refractivity contribution in [1.82, 2.24) is 24.6 Å². The summed E-state index contributed by atoms with van der Waals surface area (Å²) in [6.07, 6.45) is 4.24. The van der Waals surface area contributed by atoms with Gasteiger partial charge >= 0.3 is 0 Å². The third-order valence-electron chi connectivity index (χ3n) is 7.11. The molecule has 43 heavy (non-hydrogen) atoms. The number of hydrogen-bond acceptors (Lipinski definition) is 9. The van der Waals surface area contributed by atoms with Crippen LogP contribution in [-0.4, -0.2) is 78.1 Å². The van der Waals surface area contributed by atoms with E-state index in [-0.39, 0.29) is 5.91 Å². The second kappa shape index (κ2) is 13.5. The maximum absolute atomic E-state index is 12.9. The first kappa shape index (κ1) is 29.7. The molecule has 224 valence electrons. The van der Waals surface area contributed by atoms with Crippen molar-refractivity contribution < 1.29 is 14.3 Å².